The fourth-order valence-corrected chi connectivity index (χ4v) is 2.65. The Morgan fingerprint density at radius 3 is 2.67 bits per heavy atom. The van der Waals surface area contributed by atoms with Crippen LogP contribution in [-0.4, -0.2) is 22.3 Å². The van der Waals surface area contributed by atoms with Crippen LogP contribution in [0.1, 0.15) is 50.4 Å². The number of benzene rings is 1. The molecule has 1 unspecified atom stereocenters. The van der Waals surface area contributed by atoms with Crippen molar-refractivity contribution in [3.05, 3.63) is 29.6 Å². The predicted octanol–water partition coefficient (Wildman–Crippen LogP) is 4.85. The first-order valence-corrected chi connectivity index (χ1v) is 8.15. The Labute approximate surface area is 132 Å². The van der Waals surface area contributed by atoms with Gasteiger partial charge in [-0.15, -0.1) is 11.6 Å². The highest BCUT2D eigenvalue weighted by Gasteiger charge is 2.14. The molecule has 0 saturated carbocycles. The van der Waals surface area contributed by atoms with Crippen LogP contribution >= 0.6 is 11.6 Å². The first kappa shape index (κ1) is 16.3. The molecule has 0 spiro atoms. The van der Waals surface area contributed by atoms with Gasteiger partial charge in [0.15, 0.2) is 0 Å². The van der Waals surface area contributed by atoms with Crippen molar-refractivity contribution in [3.63, 3.8) is 0 Å². The van der Waals surface area contributed by atoms with Gasteiger partial charge in [-0.3, -0.25) is 0 Å². The number of halogens is 1. The van der Waals surface area contributed by atoms with Crippen LogP contribution in [0.2, 0.25) is 0 Å². The molecule has 1 aromatic heterocycles. The fraction of sp³-hybridized carbons (Fsp3) is 0.588. The molecule has 0 aliphatic rings. The van der Waals surface area contributed by atoms with E-state index >= 15 is 0 Å². The number of alkyl halides is 1. The normalized spacial score (nSPS) is 13.2. The zero-order valence-electron chi connectivity index (χ0n) is 13.4. The van der Waals surface area contributed by atoms with Crippen molar-refractivity contribution in [1.29, 1.82) is 0 Å². The van der Waals surface area contributed by atoms with Crippen LogP contribution in [0.5, 0.6) is 0 Å². The van der Waals surface area contributed by atoms with Crippen LogP contribution < -0.4 is 0 Å². The van der Waals surface area contributed by atoms with Gasteiger partial charge in [0.2, 0.25) is 0 Å². The number of ether oxygens (including phenoxy) is 1. The molecule has 116 valence electrons. The zero-order valence-corrected chi connectivity index (χ0v) is 14.2. The van der Waals surface area contributed by atoms with Crippen LogP contribution in [0.4, 0.5) is 0 Å². The monoisotopic (exact) mass is 308 g/mol. The SMILES string of the molecule is Cc1ccc2c(c1)nc(C(C)Cl)n2CCCCOC(C)C. The minimum absolute atomic E-state index is 0.0791. The molecular formula is C17H25ClN2O. The highest BCUT2D eigenvalue weighted by molar-refractivity contribution is 6.20. The molecule has 21 heavy (non-hydrogen) atoms. The number of hydrogen-bond donors (Lipinski definition) is 0. The van der Waals surface area contributed by atoms with E-state index in [9.17, 15) is 0 Å². The van der Waals surface area contributed by atoms with Gasteiger partial charge < -0.3 is 9.30 Å². The molecule has 1 heterocycles. The fourth-order valence-electron chi connectivity index (χ4n) is 2.49. The molecular weight excluding hydrogens is 284 g/mol. The Hall–Kier alpha value is -1.06. The average Bonchev–Trinajstić information content (AvgIpc) is 2.76. The van der Waals surface area contributed by atoms with Crippen molar-refractivity contribution in [2.45, 2.75) is 58.6 Å². The largest absolute Gasteiger partial charge is 0.379 e. The highest BCUT2D eigenvalue weighted by atomic mass is 35.5. The van der Waals surface area contributed by atoms with Crippen LogP contribution in [0.25, 0.3) is 11.0 Å². The van der Waals surface area contributed by atoms with E-state index in [1.807, 2.05) is 6.92 Å². The zero-order chi connectivity index (χ0) is 15.4. The standard InChI is InChI=1S/C17H25ClN2O/c1-12(2)21-10-6-5-9-20-16-8-7-13(3)11-15(16)19-17(20)14(4)18/h7-8,11-12,14H,5-6,9-10H2,1-4H3. The number of aromatic nitrogens is 2. The molecule has 0 radical (unpaired) electrons. The van der Waals surface area contributed by atoms with Gasteiger partial charge in [0.05, 0.1) is 22.5 Å². The van der Waals surface area contributed by atoms with Crippen molar-refractivity contribution in [1.82, 2.24) is 9.55 Å². The summed E-state index contributed by atoms with van der Waals surface area (Å²) in [6.45, 7) is 9.96. The van der Waals surface area contributed by atoms with Crippen LogP contribution in [0.3, 0.4) is 0 Å². The lowest BCUT2D eigenvalue weighted by Gasteiger charge is -2.11. The van der Waals surface area contributed by atoms with E-state index in [2.05, 4.69) is 43.5 Å². The predicted molar refractivity (Wildman–Crippen MR) is 89.1 cm³/mol. The van der Waals surface area contributed by atoms with Gasteiger partial charge in [0.1, 0.15) is 5.82 Å². The minimum atomic E-state index is -0.0791. The topological polar surface area (TPSA) is 27.1 Å². The van der Waals surface area contributed by atoms with E-state index in [0.717, 1.165) is 37.3 Å². The molecule has 0 fully saturated rings. The molecule has 1 aromatic carbocycles. The summed E-state index contributed by atoms with van der Waals surface area (Å²) in [6.07, 6.45) is 2.43. The summed E-state index contributed by atoms with van der Waals surface area (Å²) in [4.78, 5) is 4.70. The van der Waals surface area contributed by atoms with Crippen molar-refractivity contribution < 1.29 is 4.74 Å². The van der Waals surface area contributed by atoms with E-state index in [0.29, 0.717) is 6.10 Å². The first-order chi connectivity index (χ1) is 9.99. The number of aryl methyl sites for hydroxylation is 2. The van der Waals surface area contributed by atoms with Gasteiger partial charge in [-0.1, -0.05) is 6.07 Å². The number of imidazole rings is 1. The lowest BCUT2D eigenvalue weighted by Crippen LogP contribution is -2.07. The minimum Gasteiger partial charge on any atom is -0.379 e. The van der Waals surface area contributed by atoms with Gasteiger partial charge in [0, 0.05) is 13.2 Å². The van der Waals surface area contributed by atoms with E-state index in [1.165, 1.54) is 11.1 Å². The Morgan fingerprint density at radius 1 is 1.24 bits per heavy atom. The maximum absolute atomic E-state index is 6.29. The van der Waals surface area contributed by atoms with Crippen molar-refractivity contribution in [3.8, 4) is 0 Å². The second kappa shape index (κ2) is 7.28. The van der Waals surface area contributed by atoms with Gasteiger partial charge in [-0.25, -0.2) is 4.98 Å². The first-order valence-electron chi connectivity index (χ1n) is 7.71. The Morgan fingerprint density at radius 2 is 2.00 bits per heavy atom. The Balaban J connectivity index is 2.11. The summed E-state index contributed by atoms with van der Waals surface area (Å²) in [5.41, 5.74) is 3.44. The van der Waals surface area contributed by atoms with Crippen LogP contribution in [0.15, 0.2) is 18.2 Å². The van der Waals surface area contributed by atoms with Gasteiger partial charge in [-0.2, -0.15) is 0 Å². The molecule has 0 bridgehead atoms. The van der Waals surface area contributed by atoms with Crippen molar-refractivity contribution >= 4 is 22.6 Å². The van der Waals surface area contributed by atoms with Gasteiger partial charge >= 0.3 is 0 Å². The third kappa shape index (κ3) is 4.21. The number of unbranched alkanes of at least 4 members (excludes halogenated alkanes) is 1. The summed E-state index contributed by atoms with van der Waals surface area (Å²) >= 11 is 6.29. The molecule has 2 aromatic rings. The van der Waals surface area contributed by atoms with E-state index in [4.69, 9.17) is 21.3 Å². The van der Waals surface area contributed by atoms with Crippen LogP contribution in [-0.2, 0) is 11.3 Å². The molecule has 0 N–H and O–H groups in total. The van der Waals surface area contributed by atoms with E-state index in [1.54, 1.807) is 0 Å². The second-order valence-electron chi connectivity index (χ2n) is 5.86. The van der Waals surface area contributed by atoms with Crippen molar-refractivity contribution in [2.75, 3.05) is 6.61 Å². The molecule has 4 heteroatoms. The van der Waals surface area contributed by atoms with E-state index in [-0.39, 0.29) is 5.38 Å². The number of fused-ring (bicyclic) bond motifs is 1. The second-order valence-corrected chi connectivity index (χ2v) is 6.51. The number of nitrogens with zero attached hydrogens (tertiary/aromatic N) is 2. The molecule has 0 saturated heterocycles. The summed E-state index contributed by atoms with van der Waals surface area (Å²) in [6, 6.07) is 6.40. The Bertz CT molecular complexity index is 590. The lowest BCUT2D eigenvalue weighted by atomic mass is 10.2. The summed E-state index contributed by atoms with van der Waals surface area (Å²) < 4.78 is 7.84. The smallest absolute Gasteiger partial charge is 0.127 e. The molecule has 2 rings (SSSR count). The van der Waals surface area contributed by atoms with E-state index < -0.39 is 0 Å². The summed E-state index contributed by atoms with van der Waals surface area (Å²) in [7, 11) is 0. The lowest BCUT2D eigenvalue weighted by molar-refractivity contribution is 0.0754. The van der Waals surface area contributed by atoms with Gasteiger partial charge in [-0.05, 0) is 58.2 Å². The summed E-state index contributed by atoms with van der Waals surface area (Å²) in [5, 5.41) is -0.0791. The van der Waals surface area contributed by atoms with Crippen molar-refractivity contribution in [2.24, 2.45) is 0 Å². The molecule has 0 aliphatic carbocycles. The molecule has 3 nitrogen and oxygen atoms in total. The van der Waals surface area contributed by atoms with Gasteiger partial charge in [0.25, 0.3) is 0 Å². The average molecular weight is 309 g/mol. The molecule has 0 amide bonds. The Kier molecular flexibility index (Phi) is 5.65. The molecule has 1 atom stereocenters. The third-order valence-corrected chi connectivity index (χ3v) is 3.71. The molecule has 0 aliphatic heterocycles. The quantitative estimate of drug-likeness (QED) is 0.540. The highest BCUT2D eigenvalue weighted by Crippen LogP contribution is 2.25. The maximum atomic E-state index is 6.29. The third-order valence-electron chi connectivity index (χ3n) is 3.52. The summed E-state index contributed by atoms with van der Waals surface area (Å²) in [5.74, 6) is 0.960. The number of rotatable bonds is 7. The van der Waals surface area contributed by atoms with Crippen LogP contribution in [0, 0.1) is 6.92 Å². The number of hydrogen-bond acceptors (Lipinski definition) is 2. The maximum Gasteiger partial charge on any atom is 0.127 e.